The van der Waals surface area contributed by atoms with Gasteiger partial charge >= 0.3 is 0 Å². The number of nitrogens with zero attached hydrogens (tertiary/aromatic N) is 1. The molecule has 17 heavy (non-hydrogen) atoms. The summed E-state index contributed by atoms with van der Waals surface area (Å²) in [7, 11) is 0. The average Bonchev–Trinajstić information content (AvgIpc) is 2.87. The molecule has 0 saturated heterocycles. The lowest BCUT2D eigenvalue weighted by Crippen LogP contribution is -2.22. The van der Waals surface area contributed by atoms with E-state index in [1.165, 1.54) is 0 Å². The maximum absolute atomic E-state index is 5.69. The van der Waals surface area contributed by atoms with Gasteiger partial charge in [0.05, 0.1) is 11.0 Å². The maximum Gasteiger partial charge on any atom is 0.121 e. The monoisotopic (exact) mass is 250 g/mol. The molecule has 0 amide bonds. The summed E-state index contributed by atoms with van der Waals surface area (Å²) in [5.41, 5.74) is 1.09. The van der Waals surface area contributed by atoms with E-state index < -0.39 is 0 Å². The SMILES string of the molecule is CCNC(Cc1nc(C)cs1)c1ccc(C)o1. The van der Waals surface area contributed by atoms with Gasteiger partial charge in [0, 0.05) is 17.5 Å². The van der Waals surface area contributed by atoms with Crippen LogP contribution in [0.2, 0.25) is 0 Å². The van der Waals surface area contributed by atoms with Gasteiger partial charge in [-0.1, -0.05) is 6.92 Å². The molecule has 0 aromatic carbocycles. The summed E-state index contributed by atoms with van der Waals surface area (Å²) in [6, 6.07) is 4.27. The third-order valence-corrected chi connectivity index (χ3v) is 3.59. The van der Waals surface area contributed by atoms with Crippen molar-refractivity contribution in [3.63, 3.8) is 0 Å². The van der Waals surface area contributed by atoms with Gasteiger partial charge in [0.2, 0.25) is 0 Å². The van der Waals surface area contributed by atoms with Crippen molar-refractivity contribution in [2.75, 3.05) is 6.54 Å². The first-order valence-electron chi connectivity index (χ1n) is 5.89. The van der Waals surface area contributed by atoms with Gasteiger partial charge in [0.1, 0.15) is 11.5 Å². The Morgan fingerprint density at radius 2 is 2.24 bits per heavy atom. The molecular formula is C13H18N2OS. The van der Waals surface area contributed by atoms with Gasteiger partial charge in [0.25, 0.3) is 0 Å². The molecule has 0 bridgehead atoms. The van der Waals surface area contributed by atoms with Gasteiger partial charge < -0.3 is 9.73 Å². The van der Waals surface area contributed by atoms with Crippen molar-refractivity contribution < 1.29 is 4.42 Å². The highest BCUT2D eigenvalue weighted by molar-refractivity contribution is 7.09. The molecule has 2 heterocycles. The van der Waals surface area contributed by atoms with Crippen molar-refractivity contribution in [2.24, 2.45) is 0 Å². The number of hydrogen-bond donors (Lipinski definition) is 1. The Balaban J connectivity index is 2.12. The lowest BCUT2D eigenvalue weighted by atomic mass is 10.1. The van der Waals surface area contributed by atoms with Gasteiger partial charge in [-0.25, -0.2) is 4.98 Å². The molecule has 2 rings (SSSR count). The second-order valence-corrected chi connectivity index (χ2v) is 5.09. The minimum absolute atomic E-state index is 0.222. The Morgan fingerprint density at radius 3 is 2.76 bits per heavy atom. The molecule has 0 saturated carbocycles. The van der Waals surface area contributed by atoms with Crippen LogP contribution in [0.3, 0.4) is 0 Å². The van der Waals surface area contributed by atoms with Crippen LogP contribution in [0, 0.1) is 13.8 Å². The highest BCUT2D eigenvalue weighted by atomic mass is 32.1. The van der Waals surface area contributed by atoms with Crippen LogP contribution < -0.4 is 5.32 Å². The molecule has 2 aromatic rings. The van der Waals surface area contributed by atoms with E-state index in [0.29, 0.717) is 0 Å². The molecule has 0 aliphatic carbocycles. The first kappa shape index (κ1) is 12.3. The molecule has 1 atom stereocenters. The fourth-order valence-corrected chi connectivity index (χ4v) is 2.65. The number of hydrogen-bond acceptors (Lipinski definition) is 4. The van der Waals surface area contributed by atoms with Crippen molar-refractivity contribution in [1.82, 2.24) is 10.3 Å². The number of likely N-dealkylation sites (N-methyl/N-ethyl adjacent to an activating group) is 1. The van der Waals surface area contributed by atoms with Crippen molar-refractivity contribution >= 4 is 11.3 Å². The van der Waals surface area contributed by atoms with Gasteiger partial charge in [-0.15, -0.1) is 11.3 Å². The number of thiazole rings is 1. The molecule has 0 fully saturated rings. The van der Waals surface area contributed by atoms with Gasteiger partial charge in [0.15, 0.2) is 0 Å². The predicted octanol–water partition coefficient (Wildman–Crippen LogP) is 3.25. The molecule has 92 valence electrons. The average molecular weight is 250 g/mol. The van der Waals surface area contributed by atoms with Crippen LogP contribution in [0.5, 0.6) is 0 Å². The Kier molecular flexibility index (Phi) is 3.97. The van der Waals surface area contributed by atoms with E-state index in [9.17, 15) is 0 Å². The lowest BCUT2D eigenvalue weighted by Gasteiger charge is -2.13. The Hall–Kier alpha value is -1.13. The van der Waals surface area contributed by atoms with E-state index in [0.717, 1.165) is 35.2 Å². The Morgan fingerprint density at radius 1 is 1.41 bits per heavy atom. The first-order chi connectivity index (χ1) is 8.19. The van der Waals surface area contributed by atoms with Crippen LogP contribution in [0.25, 0.3) is 0 Å². The number of rotatable bonds is 5. The zero-order valence-corrected chi connectivity index (χ0v) is 11.3. The van der Waals surface area contributed by atoms with Crippen LogP contribution in [-0.4, -0.2) is 11.5 Å². The van der Waals surface area contributed by atoms with Gasteiger partial charge in [-0.3, -0.25) is 0 Å². The van der Waals surface area contributed by atoms with Crippen LogP contribution in [0.1, 0.15) is 35.2 Å². The highest BCUT2D eigenvalue weighted by Gasteiger charge is 2.16. The molecular weight excluding hydrogens is 232 g/mol. The highest BCUT2D eigenvalue weighted by Crippen LogP contribution is 2.22. The molecule has 0 aliphatic rings. The lowest BCUT2D eigenvalue weighted by molar-refractivity contribution is 0.403. The number of nitrogens with one attached hydrogen (secondary N) is 1. The molecule has 2 aromatic heterocycles. The van der Waals surface area contributed by atoms with Crippen LogP contribution >= 0.6 is 11.3 Å². The molecule has 1 unspecified atom stereocenters. The van der Waals surface area contributed by atoms with Crippen molar-refractivity contribution in [2.45, 2.75) is 33.2 Å². The molecule has 0 aliphatic heterocycles. The fourth-order valence-electron chi connectivity index (χ4n) is 1.83. The second kappa shape index (κ2) is 5.47. The summed E-state index contributed by atoms with van der Waals surface area (Å²) in [5, 5.41) is 6.69. The van der Waals surface area contributed by atoms with Crippen LogP contribution in [-0.2, 0) is 6.42 Å². The molecule has 4 heteroatoms. The van der Waals surface area contributed by atoms with Gasteiger partial charge in [-0.2, -0.15) is 0 Å². The van der Waals surface area contributed by atoms with Crippen LogP contribution in [0.15, 0.2) is 21.9 Å². The van der Waals surface area contributed by atoms with E-state index in [2.05, 4.69) is 22.6 Å². The molecule has 0 radical (unpaired) electrons. The summed E-state index contributed by atoms with van der Waals surface area (Å²) < 4.78 is 5.69. The van der Waals surface area contributed by atoms with E-state index in [1.807, 2.05) is 26.0 Å². The summed E-state index contributed by atoms with van der Waals surface area (Å²) in [4.78, 5) is 4.50. The summed E-state index contributed by atoms with van der Waals surface area (Å²) in [6.07, 6.45) is 0.888. The quantitative estimate of drug-likeness (QED) is 0.885. The van der Waals surface area contributed by atoms with Crippen molar-refractivity contribution in [1.29, 1.82) is 0 Å². The number of aromatic nitrogens is 1. The second-order valence-electron chi connectivity index (χ2n) is 4.15. The van der Waals surface area contributed by atoms with E-state index in [1.54, 1.807) is 11.3 Å². The largest absolute Gasteiger partial charge is 0.465 e. The standard InChI is InChI=1S/C13H18N2OS/c1-4-14-11(12-6-5-10(3)16-12)7-13-15-9(2)8-17-13/h5-6,8,11,14H,4,7H2,1-3H3. The third-order valence-electron chi connectivity index (χ3n) is 2.60. The fraction of sp³-hybridized carbons (Fsp3) is 0.462. The Bertz CT molecular complexity index is 475. The molecule has 3 nitrogen and oxygen atoms in total. The van der Waals surface area contributed by atoms with Gasteiger partial charge in [-0.05, 0) is 32.5 Å². The van der Waals surface area contributed by atoms with E-state index in [-0.39, 0.29) is 6.04 Å². The third kappa shape index (κ3) is 3.17. The van der Waals surface area contributed by atoms with Crippen molar-refractivity contribution in [3.8, 4) is 0 Å². The zero-order chi connectivity index (χ0) is 12.3. The summed E-state index contributed by atoms with van der Waals surface area (Å²) in [6.45, 7) is 7.03. The normalized spacial score (nSPS) is 12.9. The van der Waals surface area contributed by atoms with E-state index >= 15 is 0 Å². The number of furan rings is 1. The maximum atomic E-state index is 5.69. The minimum Gasteiger partial charge on any atom is -0.465 e. The van der Waals surface area contributed by atoms with Crippen LogP contribution in [0.4, 0.5) is 0 Å². The van der Waals surface area contributed by atoms with Crippen molar-refractivity contribution in [3.05, 3.63) is 39.7 Å². The zero-order valence-electron chi connectivity index (χ0n) is 10.5. The molecule has 1 N–H and O–H groups in total. The minimum atomic E-state index is 0.222. The molecule has 0 spiro atoms. The first-order valence-corrected chi connectivity index (χ1v) is 6.77. The summed E-state index contributed by atoms with van der Waals surface area (Å²) in [5.74, 6) is 1.95. The Labute approximate surface area is 106 Å². The van der Waals surface area contributed by atoms with E-state index in [4.69, 9.17) is 4.42 Å². The smallest absolute Gasteiger partial charge is 0.121 e. The summed E-state index contributed by atoms with van der Waals surface area (Å²) >= 11 is 1.71. The number of aryl methyl sites for hydroxylation is 2. The predicted molar refractivity (Wildman–Crippen MR) is 70.4 cm³/mol. The topological polar surface area (TPSA) is 38.1 Å².